The minimum Gasteiger partial charge on any atom is -0.324 e. The minimum atomic E-state index is -0.227. The summed E-state index contributed by atoms with van der Waals surface area (Å²) in [6.45, 7) is 3.51. The molecule has 0 aromatic heterocycles. The van der Waals surface area contributed by atoms with E-state index in [1.807, 2.05) is 6.07 Å². The first-order valence-electron chi connectivity index (χ1n) is 3.63. The third-order valence-corrected chi connectivity index (χ3v) is 1.71. The smallest absolute Gasteiger partial charge is 0.130 e. The standard InChI is InChI=1S/C9H12FN/c1-6-4-3-5-8(7(2)11)9(6)10/h3-5,7H,11H2,1-2H3/t7-/m1/s1. The average molecular weight is 153 g/mol. The fourth-order valence-corrected chi connectivity index (χ4v) is 1.02. The van der Waals surface area contributed by atoms with Crippen LogP contribution >= 0.6 is 0 Å². The van der Waals surface area contributed by atoms with Crippen molar-refractivity contribution in [1.82, 2.24) is 0 Å². The lowest BCUT2D eigenvalue weighted by molar-refractivity contribution is 0.585. The van der Waals surface area contributed by atoms with Gasteiger partial charge < -0.3 is 5.73 Å². The van der Waals surface area contributed by atoms with Gasteiger partial charge in [-0.05, 0) is 19.4 Å². The minimum absolute atomic E-state index is 0.178. The number of aryl methyl sites for hydroxylation is 1. The lowest BCUT2D eigenvalue weighted by atomic mass is 10.1. The molecule has 2 heteroatoms. The summed E-state index contributed by atoms with van der Waals surface area (Å²) in [5.41, 5.74) is 6.78. The van der Waals surface area contributed by atoms with Gasteiger partial charge in [0.1, 0.15) is 5.82 Å². The largest absolute Gasteiger partial charge is 0.324 e. The van der Waals surface area contributed by atoms with Crippen molar-refractivity contribution < 1.29 is 4.39 Å². The van der Waals surface area contributed by atoms with Crippen LogP contribution in [0.25, 0.3) is 0 Å². The molecular formula is C9H12FN. The third-order valence-electron chi connectivity index (χ3n) is 1.71. The zero-order chi connectivity index (χ0) is 8.43. The van der Waals surface area contributed by atoms with Crippen molar-refractivity contribution in [3.63, 3.8) is 0 Å². The zero-order valence-corrected chi connectivity index (χ0v) is 6.76. The molecule has 1 atom stereocenters. The maximum atomic E-state index is 13.2. The Labute approximate surface area is 66.0 Å². The summed E-state index contributed by atoms with van der Waals surface area (Å²) < 4.78 is 13.2. The average Bonchev–Trinajstić information content (AvgIpc) is 1.94. The summed E-state index contributed by atoms with van der Waals surface area (Å²) in [6.07, 6.45) is 0. The quantitative estimate of drug-likeness (QED) is 0.657. The second kappa shape index (κ2) is 3.01. The van der Waals surface area contributed by atoms with Crippen LogP contribution in [-0.4, -0.2) is 0 Å². The molecule has 0 saturated heterocycles. The van der Waals surface area contributed by atoms with Gasteiger partial charge in [-0.1, -0.05) is 18.2 Å². The highest BCUT2D eigenvalue weighted by atomic mass is 19.1. The van der Waals surface area contributed by atoms with E-state index in [-0.39, 0.29) is 11.9 Å². The fraction of sp³-hybridized carbons (Fsp3) is 0.333. The van der Waals surface area contributed by atoms with E-state index in [2.05, 4.69) is 0 Å². The normalized spacial score (nSPS) is 13.1. The van der Waals surface area contributed by atoms with Crippen molar-refractivity contribution >= 4 is 0 Å². The Morgan fingerprint density at radius 3 is 2.55 bits per heavy atom. The van der Waals surface area contributed by atoms with Crippen LogP contribution in [0, 0.1) is 12.7 Å². The number of hydrogen-bond donors (Lipinski definition) is 1. The highest BCUT2D eigenvalue weighted by Crippen LogP contribution is 2.16. The first kappa shape index (κ1) is 8.21. The van der Waals surface area contributed by atoms with E-state index in [1.54, 1.807) is 26.0 Å². The fourth-order valence-electron chi connectivity index (χ4n) is 1.02. The van der Waals surface area contributed by atoms with Crippen molar-refractivity contribution in [2.24, 2.45) is 5.73 Å². The molecule has 60 valence electrons. The van der Waals surface area contributed by atoms with E-state index in [0.717, 1.165) is 0 Å². The molecule has 0 radical (unpaired) electrons. The van der Waals surface area contributed by atoms with Crippen molar-refractivity contribution in [3.8, 4) is 0 Å². The Kier molecular flexibility index (Phi) is 2.25. The van der Waals surface area contributed by atoms with E-state index >= 15 is 0 Å². The predicted octanol–water partition coefficient (Wildman–Crippen LogP) is 2.15. The SMILES string of the molecule is Cc1cccc([C@@H](C)N)c1F. The number of hydrogen-bond acceptors (Lipinski definition) is 1. The molecule has 0 heterocycles. The molecule has 0 aliphatic rings. The van der Waals surface area contributed by atoms with E-state index in [0.29, 0.717) is 11.1 Å². The Balaban J connectivity index is 3.17. The predicted molar refractivity (Wildman–Crippen MR) is 43.7 cm³/mol. The summed E-state index contributed by atoms with van der Waals surface area (Å²) in [5, 5.41) is 0. The van der Waals surface area contributed by atoms with Crippen LogP contribution in [0.1, 0.15) is 24.1 Å². The van der Waals surface area contributed by atoms with Crippen LogP contribution in [0.2, 0.25) is 0 Å². The molecule has 0 aliphatic carbocycles. The molecule has 0 fully saturated rings. The number of benzene rings is 1. The van der Waals surface area contributed by atoms with Crippen LogP contribution in [0.3, 0.4) is 0 Å². The highest BCUT2D eigenvalue weighted by molar-refractivity contribution is 5.26. The lowest BCUT2D eigenvalue weighted by Crippen LogP contribution is -2.07. The lowest BCUT2D eigenvalue weighted by Gasteiger charge is -2.07. The molecule has 1 rings (SSSR count). The Morgan fingerprint density at radius 1 is 1.45 bits per heavy atom. The van der Waals surface area contributed by atoms with E-state index in [4.69, 9.17) is 5.73 Å². The van der Waals surface area contributed by atoms with Gasteiger partial charge in [0.15, 0.2) is 0 Å². The van der Waals surface area contributed by atoms with Crippen molar-refractivity contribution in [2.75, 3.05) is 0 Å². The van der Waals surface area contributed by atoms with E-state index in [9.17, 15) is 4.39 Å². The third kappa shape index (κ3) is 1.57. The van der Waals surface area contributed by atoms with Gasteiger partial charge in [0, 0.05) is 11.6 Å². The van der Waals surface area contributed by atoms with Crippen LogP contribution in [0.15, 0.2) is 18.2 Å². The molecule has 1 nitrogen and oxygen atoms in total. The second-order valence-electron chi connectivity index (χ2n) is 2.77. The Morgan fingerprint density at radius 2 is 2.09 bits per heavy atom. The molecule has 11 heavy (non-hydrogen) atoms. The molecule has 0 saturated carbocycles. The molecule has 0 aliphatic heterocycles. The maximum Gasteiger partial charge on any atom is 0.130 e. The first-order chi connectivity index (χ1) is 5.13. The highest BCUT2D eigenvalue weighted by Gasteiger charge is 2.07. The summed E-state index contributed by atoms with van der Waals surface area (Å²) in [4.78, 5) is 0. The molecule has 0 spiro atoms. The molecule has 1 aromatic carbocycles. The van der Waals surface area contributed by atoms with Crippen LogP contribution < -0.4 is 5.73 Å². The van der Waals surface area contributed by atoms with Crippen molar-refractivity contribution in [3.05, 3.63) is 35.1 Å². The molecule has 0 amide bonds. The van der Waals surface area contributed by atoms with Gasteiger partial charge >= 0.3 is 0 Å². The molecular weight excluding hydrogens is 141 g/mol. The van der Waals surface area contributed by atoms with Crippen molar-refractivity contribution in [1.29, 1.82) is 0 Å². The van der Waals surface area contributed by atoms with Gasteiger partial charge in [-0.3, -0.25) is 0 Å². The second-order valence-corrected chi connectivity index (χ2v) is 2.77. The van der Waals surface area contributed by atoms with Gasteiger partial charge in [0.25, 0.3) is 0 Å². The van der Waals surface area contributed by atoms with Gasteiger partial charge in [0.2, 0.25) is 0 Å². The van der Waals surface area contributed by atoms with Crippen molar-refractivity contribution in [2.45, 2.75) is 19.9 Å². The van der Waals surface area contributed by atoms with E-state index < -0.39 is 0 Å². The monoisotopic (exact) mass is 153 g/mol. The van der Waals surface area contributed by atoms with Gasteiger partial charge in [0.05, 0.1) is 0 Å². The Bertz CT molecular complexity index is 256. The number of rotatable bonds is 1. The maximum absolute atomic E-state index is 13.2. The topological polar surface area (TPSA) is 26.0 Å². The zero-order valence-electron chi connectivity index (χ0n) is 6.76. The first-order valence-corrected chi connectivity index (χ1v) is 3.63. The molecule has 2 N–H and O–H groups in total. The summed E-state index contributed by atoms with van der Waals surface area (Å²) in [5.74, 6) is -0.178. The molecule has 0 bridgehead atoms. The summed E-state index contributed by atoms with van der Waals surface area (Å²) in [6, 6.07) is 5.04. The van der Waals surface area contributed by atoms with Crippen LogP contribution in [0.5, 0.6) is 0 Å². The van der Waals surface area contributed by atoms with Gasteiger partial charge in [-0.25, -0.2) is 4.39 Å². The van der Waals surface area contributed by atoms with Gasteiger partial charge in [-0.15, -0.1) is 0 Å². The summed E-state index contributed by atoms with van der Waals surface area (Å²) in [7, 11) is 0. The number of halogens is 1. The van der Waals surface area contributed by atoms with Gasteiger partial charge in [-0.2, -0.15) is 0 Å². The van der Waals surface area contributed by atoms with Crippen LogP contribution in [-0.2, 0) is 0 Å². The van der Waals surface area contributed by atoms with Crippen LogP contribution in [0.4, 0.5) is 4.39 Å². The van der Waals surface area contributed by atoms with E-state index in [1.165, 1.54) is 0 Å². The summed E-state index contributed by atoms with van der Waals surface area (Å²) >= 11 is 0. The number of nitrogens with two attached hydrogens (primary N) is 1. The molecule has 0 unspecified atom stereocenters. The molecule has 1 aromatic rings. The Hall–Kier alpha value is -0.890.